The minimum Gasteiger partial charge on any atom is -0.445 e. The van der Waals surface area contributed by atoms with Crippen LogP contribution in [0.1, 0.15) is 6.42 Å². The van der Waals surface area contributed by atoms with Gasteiger partial charge in [-0.3, -0.25) is 14.6 Å². The number of carbonyl (C=O) groups is 1. The fraction of sp³-hybridized carbons (Fsp3) is 0.917. The van der Waals surface area contributed by atoms with Crippen LogP contribution in [0.2, 0.25) is 0 Å². The predicted molar refractivity (Wildman–Crippen MR) is 63.1 cm³/mol. The van der Waals surface area contributed by atoms with Crippen LogP contribution in [-0.4, -0.2) is 80.6 Å². The van der Waals surface area contributed by atoms with Crippen molar-refractivity contribution in [3.63, 3.8) is 0 Å². The zero-order valence-corrected chi connectivity index (χ0v) is 10.5. The third kappa shape index (κ3) is 2.51. The maximum absolute atomic E-state index is 12.0. The molecule has 2 unspecified atom stereocenters. The van der Waals surface area contributed by atoms with Crippen molar-refractivity contribution in [1.82, 2.24) is 9.80 Å². The highest BCUT2D eigenvalue weighted by Crippen LogP contribution is 2.24. The molecule has 0 aromatic heterocycles. The molecule has 0 radical (unpaired) electrons. The summed E-state index contributed by atoms with van der Waals surface area (Å²) in [4.78, 5) is 16.4. The summed E-state index contributed by atoms with van der Waals surface area (Å²) in [5.74, 6) is -0.0756. The van der Waals surface area contributed by atoms with Gasteiger partial charge in [-0.05, 0) is 0 Å². The van der Waals surface area contributed by atoms with Gasteiger partial charge in [0.05, 0.1) is 26.4 Å². The normalized spacial score (nSPS) is 35.7. The van der Waals surface area contributed by atoms with E-state index in [4.69, 9.17) is 14.2 Å². The molecule has 0 aromatic carbocycles. The highest BCUT2D eigenvalue weighted by molar-refractivity contribution is 5.78. The Bertz CT molecular complexity index is 300. The van der Waals surface area contributed by atoms with Gasteiger partial charge in [0.1, 0.15) is 6.04 Å². The number of cyclic esters (lactones) is 1. The SMILES string of the molecule is O=C1OC(N2CCOCC2)CC1N1CCOCC1. The average molecular weight is 256 g/mol. The fourth-order valence-corrected chi connectivity index (χ4v) is 2.82. The van der Waals surface area contributed by atoms with Crippen molar-refractivity contribution in [1.29, 1.82) is 0 Å². The largest absolute Gasteiger partial charge is 0.445 e. The molecule has 0 spiro atoms. The summed E-state index contributed by atoms with van der Waals surface area (Å²) in [5.41, 5.74) is 0. The topological polar surface area (TPSA) is 51.2 Å². The van der Waals surface area contributed by atoms with Crippen molar-refractivity contribution in [3.05, 3.63) is 0 Å². The van der Waals surface area contributed by atoms with Gasteiger partial charge in [-0.15, -0.1) is 0 Å². The first kappa shape index (κ1) is 12.3. The number of esters is 1. The minimum atomic E-state index is -0.0817. The molecule has 3 rings (SSSR count). The molecule has 3 aliphatic rings. The van der Waals surface area contributed by atoms with Crippen LogP contribution in [0.15, 0.2) is 0 Å². The lowest BCUT2D eigenvalue weighted by atomic mass is 10.1. The van der Waals surface area contributed by atoms with E-state index in [9.17, 15) is 4.79 Å². The molecule has 3 saturated heterocycles. The summed E-state index contributed by atoms with van der Waals surface area (Å²) >= 11 is 0. The van der Waals surface area contributed by atoms with Gasteiger partial charge < -0.3 is 14.2 Å². The number of rotatable bonds is 2. The molecule has 0 amide bonds. The Kier molecular flexibility index (Phi) is 3.79. The lowest BCUT2D eigenvalue weighted by molar-refractivity contribution is -0.154. The van der Waals surface area contributed by atoms with Gasteiger partial charge in [0.2, 0.25) is 0 Å². The van der Waals surface area contributed by atoms with Gasteiger partial charge in [-0.2, -0.15) is 0 Å². The van der Waals surface area contributed by atoms with E-state index < -0.39 is 0 Å². The molecule has 0 bridgehead atoms. The van der Waals surface area contributed by atoms with Crippen molar-refractivity contribution in [2.75, 3.05) is 52.6 Å². The molecular weight excluding hydrogens is 236 g/mol. The Morgan fingerprint density at radius 3 is 2.06 bits per heavy atom. The van der Waals surface area contributed by atoms with Crippen molar-refractivity contribution in [2.45, 2.75) is 18.7 Å². The lowest BCUT2D eigenvalue weighted by Gasteiger charge is -2.32. The number of morpholine rings is 2. The van der Waals surface area contributed by atoms with E-state index in [1.54, 1.807) is 0 Å². The van der Waals surface area contributed by atoms with E-state index >= 15 is 0 Å². The summed E-state index contributed by atoms with van der Waals surface area (Å²) < 4.78 is 16.2. The number of carbonyl (C=O) groups excluding carboxylic acids is 1. The second-order valence-electron chi connectivity index (χ2n) is 4.94. The summed E-state index contributed by atoms with van der Waals surface area (Å²) in [7, 11) is 0. The third-order valence-corrected chi connectivity index (χ3v) is 3.89. The molecule has 3 heterocycles. The van der Waals surface area contributed by atoms with E-state index in [-0.39, 0.29) is 18.2 Å². The van der Waals surface area contributed by atoms with Gasteiger partial charge >= 0.3 is 5.97 Å². The lowest BCUT2D eigenvalue weighted by Crippen LogP contribution is -2.46. The number of ether oxygens (including phenoxy) is 3. The summed E-state index contributed by atoms with van der Waals surface area (Å²) in [5, 5.41) is 0. The Hall–Kier alpha value is -0.690. The second kappa shape index (κ2) is 5.52. The highest BCUT2D eigenvalue weighted by Gasteiger charge is 2.41. The first-order valence-electron chi connectivity index (χ1n) is 6.69. The van der Waals surface area contributed by atoms with Crippen LogP contribution in [-0.2, 0) is 19.0 Å². The monoisotopic (exact) mass is 256 g/mol. The van der Waals surface area contributed by atoms with Crippen LogP contribution in [0.5, 0.6) is 0 Å². The van der Waals surface area contributed by atoms with Gasteiger partial charge in [-0.25, -0.2) is 0 Å². The van der Waals surface area contributed by atoms with Crippen LogP contribution < -0.4 is 0 Å². The smallest absolute Gasteiger partial charge is 0.325 e. The molecule has 18 heavy (non-hydrogen) atoms. The molecule has 0 aromatic rings. The van der Waals surface area contributed by atoms with Crippen LogP contribution in [0.4, 0.5) is 0 Å². The van der Waals surface area contributed by atoms with Crippen molar-refractivity contribution < 1.29 is 19.0 Å². The third-order valence-electron chi connectivity index (χ3n) is 3.89. The average Bonchev–Trinajstić information content (AvgIpc) is 2.83. The molecule has 6 nitrogen and oxygen atoms in total. The first-order valence-corrected chi connectivity index (χ1v) is 6.69. The molecule has 3 fully saturated rings. The Balaban J connectivity index is 1.58. The summed E-state index contributed by atoms with van der Waals surface area (Å²) in [6.07, 6.45) is 0.716. The van der Waals surface area contributed by atoms with Crippen molar-refractivity contribution in [3.8, 4) is 0 Å². The van der Waals surface area contributed by atoms with Gasteiger partial charge in [0.25, 0.3) is 0 Å². The zero-order chi connectivity index (χ0) is 12.4. The van der Waals surface area contributed by atoms with Crippen LogP contribution in [0.3, 0.4) is 0 Å². The Morgan fingerprint density at radius 1 is 0.889 bits per heavy atom. The maximum atomic E-state index is 12.0. The van der Waals surface area contributed by atoms with E-state index in [0.29, 0.717) is 13.2 Å². The summed E-state index contributed by atoms with van der Waals surface area (Å²) in [6, 6.07) is -0.0817. The first-order chi connectivity index (χ1) is 8.84. The summed E-state index contributed by atoms with van der Waals surface area (Å²) in [6.45, 7) is 6.26. The van der Waals surface area contributed by atoms with E-state index in [1.807, 2.05) is 0 Å². The molecule has 0 N–H and O–H groups in total. The van der Waals surface area contributed by atoms with Gasteiger partial charge in [0.15, 0.2) is 6.23 Å². The molecule has 6 heteroatoms. The molecule has 102 valence electrons. The van der Waals surface area contributed by atoms with Crippen molar-refractivity contribution in [2.24, 2.45) is 0 Å². The highest BCUT2D eigenvalue weighted by atomic mass is 16.6. The number of hydrogen-bond acceptors (Lipinski definition) is 6. The zero-order valence-electron chi connectivity index (χ0n) is 10.5. The number of nitrogens with zero attached hydrogens (tertiary/aromatic N) is 2. The fourth-order valence-electron chi connectivity index (χ4n) is 2.82. The van der Waals surface area contributed by atoms with Crippen LogP contribution in [0.25, 0.3) is 0 Å². The molecular formula is C12H20N2O4. The molecule has 3 aliphatic heterocycles. The van der Waals surface area contributed by atoms with E-state index in [1.165, 1.54) is 0 Å². The van der Waals surface area contributed by atoms with Gasteiger partial charge in [0, 0.05) is 32.6 Å². The van der Waals surface area contributed by atoms with Crippen molar-refractivity contribution >= 4 is 5.97 Å². The molecule has 2 atom stereocenters. The van der Waals surface area contributed by atoms with E-state index in [2.05, 4.69) is 9.80 Å². The van der Waals surface area contributed by atoms with Gasteiger partial charge in [-0.1, -0.05) is 0 Å². The minimum absolute atomic E-state index is 0.0609. The quantitative estimate of drug-likeness (QED) is 0.609. The molecule has 0 aliphatic carbocycles. The standard InChI is InChI=1S/C12H20N2O4/c15-12-10(13-1-5-16-6-2-13)9-11(18-12)14-3-7-17-8-4-14/h10-11H,1-9H2. The Labute approximate surface area is 107 Å². The van der Waals surface area contributed by atoms with E-state index in [0.717, 1.165) is 45.8 Å². The van der Waals surface area contributed by atoms with Crippen LogP contribution >= 0.6 is 0 Å². The molecule has 0 saturated carbocycles. The second-order valence-corrected chi connectivity index (χ2v) is 4.94. The van der Waals surface area contributed by atoms with Crippen LogP contribution in [0, 0.1) is 0 Å². The number of hydrogen-bond donors (Lipinski definition) is 0. The predicted octanol–water partition coefficient (Wildman–Crippen LogP) is -0.708. The maximum Gasteiger partial charge on any atom is 0.325 e. The Morgan fingerprint density at radius 2 is 1.44 bits per heavy atom.